The van der Waals surface area contributed by atoms with E-state index in [2.05, 4.69) is 5.09 Å². The summed E-state index contributed by atoms with van der Waals surface area (Å²) in [6, 6.07) is 15.4. The molecule has 0 fully saturated rings. The summed E-state index contributed by atoms with van der Waals surface area (Å²) in [5.74, 6) is -13.1. The molecule has 0 radical (unpaired) electrons. The molecule has 3 aromatic rings. The molecular formula is C22H17F5NO4P. The lowest BCUT2D eigenvalue weighted by atomic mass is 10.2. The minimum absolute atomic E-state index is 0.0400. The molecule has 11 heteroatoms. The van der Waals surface area contributed by atoms with Crippen LogP contribution in [0.1, 0.15) is 12.5 Å². The third-order valence-corrected chi connectivity index (χ3v) is 5.47. The Bertz CT molecular complexity index is 1080. The summed E-state index contributed by atoms with van der Waals surface area (Å²) in [6.45, 7) is 1.32. The highest BCUT2D eigenvalue weighted by Gasteiger charge is 2.32. The van der Waals surface area contributed by atoms with Gasteiger partial charge in [0.2, 0.25) is 34.8 Å². The second kappa shape index (κ2) is 11.1. The van der Waals surface area contributed by atoms with Gasteiger partial charge in [-0.15, -0.1) is 0 Å². The van der Waals surface area contributed by atoms with Crippen molar-refractivity contribution in [2.45, 2.75) is 19.6 Å². The van der Waals surface area contributed by atoms with Crippen molar-refractivity contribution in [2.24, 2.45) is 0 Å². The monoisotopic (exact) mass is 485 g/mol. The van der Waals surface area contributed by atoms with Gasteiger partial charge in [0.15, 0.2) is 0 Å². The minimum atomic E-state index is -2.60. The Balaban J connectivity index is 1.78. The van der Waals surface area contributed by atoms with Crippen LogP contribution < -0.4 is 14.1 Å². The highest BCUT2D eigenvalue weighted by atomic mass is 31.2. The quantitative estimate of drug-likeness (QED) is 0.137. The van der Waals surface area contributed by atoms with Gasteiger partial charge in [-0.05, 0) is 24.6 Å². The SMILES string of the molecule is CC(N[P@](Oc1ccccc1)Oc1c(F)c(F)c(F)c(F)c1F)C(=O)OCc1ccccc1. The zero-order valence-corrected chi connectivity index (χ0v) is 17.9. The highest BCUT2D eigenvalue weighted by Crippen LogP contribution is 2.41. The summed E-state index contributed by atoms with van der Waals surface area (Å²) in [5, 5.41) is 2.53. The summed E-state index contributed by atoms with van der Waals surface area (Å²) in [4.78, 5) is 12.3. The predicted octanol–water partition coefficient (Wildman–Crippen LogP) is 5.79. The van der Waals surface area contributed by atoms with Gasteiger partial charge in [-0.1, -0.05) is 48.5 Å². The molecule has 1 N–H and O–H groups in total. The number of para-hydroxylation sites is 1. The average Bonchev–Trinajstić information content (AvgIpc) is 2.83. The number of esters is 1. The molecule has 0 saturated carbocycles. The van der Waals surface area contributed by atoms with E-state index in [1.165, 1.54) is 19.1 Å². The van der Waals surface area contributed by atoms with Crippen molar-refractivity contribution >= 4 is 14.5 Å². The van der Waals surface area contributed by atoms with Gasteiger partial charge < -0.3 is 13.8 Å². The Hall–Kier alpha value is -3.23. The fourth-order valence-electron chi connectivity index (χ4n) is 2.46. The van der Waals surface area contributed by atoms with Crippen molar-refractivity contribution in [3.8, 4) is 11.5 Å². The van der Waals surface area contributed by atoms with E-state index in [4.69, 9.17) is 13.8 Å². The van der Waals surface area contributed by atoms with Gasteiger partial charge in [-0.25, -0.2) is 18.3 Å². The van der Waals surface area contributed by atoms with Crippen molar-refractivity contribution in [1.82, 2.24) is 5.09 Å². The summed E-state index contributed by atoms with van der Waals surface area (Å²) < 4.78 is 84.3. The third-order valence-electron chi connectivity index (χ3n) is 4.15. The molecule has 0 aliphatic heterocycles. The average molecular weight is 485 g/mol. The summed E-state index contributed by atoms with van der Waals surface area (Å²) in [6.07, 6.45) is 0. The van der Waals surface area contributed by atoms with Crippen molar-refractivity contribution in [1.29, 1.82) is 0 Å². The van der Waals surface area contributed by atoms with Crippen LogP contribution in [0.5, 0.6) is 11.5 Å². The summed E-state index contributed by atoms with van der Waals surface area (Å²) >= 11 is 0. The maximum Gasteiger partial charge on any atom is 0.382 e. The van der Waals surface area contributed by atoms with Gasteiger partial charge in [-0.2, -0.15) is 8.78 Å². The van der Waals surface area contributed by atoms with Gasteiger partial charge in [-0.3, -0.25) is 4.79 Å². The second-order valence-corrected chi connectivity index (χ2v) is 7.73. The number of carbonyl (C=O) groups is 1. The molecule has 0 aliphatic rings. The number of hydrogen-bond acceptors (Lipinski definition) is 5. The van der Waals surface area contributed by atoms with Gasteiger partial charge in [0.25, 0.3) is 0 Å². The van der Waals surface area contributed by atoms with E-state index < -0.39 is 55.4 Å². The Labute approximate surface area is 187 Å². The summed E-state index contributed by atoms with van der Waals surface area (Å²) in [7, 11) is -2.60. The summed E-state index contributed by atoms with van der Waals surface area (Å²) in [5.41, 5.74) is 0.721. The molecule has 0 amide bonds. The first-order valence-electron chi connectivity index (χ1n) is 9.47. The van der Waals surface area contributed by atoms with Gasteiger partial charge in [0.1, 0.15) is 18.4 Å². The Morgan fingerprint density at radius 1 is 0.818 bits per heavy atom. The van der Waals surface area contributed by atoms with E-state index in [9.17, 15) is 26.7 Å². The molecule has 174 valence electrons. The van der Waals surface area contributed by atoms with Gasteiger partial charge >= 0.3 is 14.5 Å². The number of nitrogens with one attached hydrogen (secondary N) is 1. The lowest BCUT2D eigenvalue weighted by molar-refractivity contribution is -0.146. The Morgan fingerprint density at radius 2 is 1.33 bits per heavy atom. The molecule has 5 nitrogen and oxygen atoms in total. The first-order valence-corrected chi connectivity index (χ1v) is 10.6. The Kier molecular flexibility index (Phi) is 8.19. The van der Waals surface area contributed by atoms with Crippen molar-refractivity contribution in [2.75, 3.05) is 0 Å². The lowest BCUT2D eigenvalue weighted by Crippen LogP contribution is -2.34. The molecule has 0 aromatic heterocycles. The first kappa shape index (κ1) is 24.4. The van der Waals surface area contributed by atoms with E-state index in [-0.39, 0.29) is 12.4 Å². The van der Waals surface area contributed by atoms with Gasteiger partial charge in [0, 0.05) is 0 Å². The molecule has 0 spiro atoms. The maximum atomic E-state index is 14.1. The van der Waals surface area contributed by atoms with Crippen LogP contribution in [0.4, 0.5) is 22.0 Å². The topological polar surface area (TPSA) is 56.8 Å². The zero-order valence-electron chi connectivity index (χ0n) is 17.0. The lowest BCUT2D eigenvalue weighted by Gasteiger charge is -2.22. The standard InChI is InChI=1S/C22H17F5NO4P/c1-13(22(29)30-12-14-8-4-2-5-9-14)28-33(31-15-10-6-3-7-11-15)32-21-19(26)17(24)16(23)18(25)20(21)27/h2-11,13,28H,12H2,1H3/t13?,33-/m1/s1. The number of hydrogen-bond donors (Lipinski definition) is 1. The molecule has 1 unspecified atom stereocenters. The number of ether oxygens (including phenoxy) is 1. The molecule has 0 aliphatic carbocycles. The van der Waals surface area contributed by atoms with E-state index in [1.807, 2.05) is 0 Å². The Morgan fingerprint density at radius 3 is 1.91 bits per heavy atom. The van der Waals surface area contributed by atoms with Crippen LogP contribution in [0.3, 0.4) is 0 Å². The second-order valence-electron chi connectivity index (χ2n) is 6.60. The van der Waals surface area contributed by atoms with E-state index in [0.717, 1.165) is 5.56 Å². The largest absolute Gasteiger partial charge is 0.460 e. The molecule has 0 heterocycles. The molecular weight excluding hydrogens is 468 g/mol. The normalized spacial score (nSPS) is 12.7. The molecule has 0 saturated heterocycles. The van der Waals surface area contributed by atoms with Crippen LogP contribution in [0.15, 0.2) is 60.7 Å². The fraction of sp³-hybridized carbons (Fsp3) is 0.136. The zero-order chi connectivity index (χ0) is 24.0. The molecule has 0 bridgehead atoms. The molecule has 3 rings (SSSR count). The van der Waals surface area contributed by atoms with Crippen molar-refractivity contribution < 1.29 is 40.5 Å². The third kappa shape index (κ3) is 6.18. The molecule has 3 aromatic carbocycles. The van der Waals surface area contributed by atoms with E-state index >= 15 is 0 Å². The first-order chi connectivity index (χ1) is 15.8. The maximum absolute atomic E-state index is 14.1. The predicted molar refractivity (Wildman–Crippen MR) is 110 cm³/mol. The van der Waals surface area contributed by atoms with Crippen LogP contribution in [0.2, 0.25) is 0 Å². The molecule has 2 atom stereocenters. The number of halogens is 5. The minimum Gasteiger partial charge on any atom is -0.460 e. The van der Waals surface area contributed by atoms with Crippen LogP contribution in [-0.2, 0) is 16.1 Å². The number of carbonyl (C=O) groups excluding carboxylic acids is 1. The van der Waals surface area contributed by atoms with Crippen LogP contribution in [0.25, 0.3) is 0 Å². The number of benzene rings is 3. The van der Waals surface area contributed by atoms with Crippen LogP contribution in [-0.4, -0.2) is 12.0 Å². The van der Waals surface area contributed by atoms with E-state index in [1.54, 1.807) is 48.5 Å². The fourth-order valence-corrected chi connectivity index (χ4v) is 3.66. The van der Waals surface area contributed by atoms with Gasteiger partial charge in [0.05, 0.1) is 0 Å². The smallest absolute Gasteiger partial charge is 0.382 e. The number of rotatable bonds is 9. The van der Waals surface area contributed by atoms with Crippen molar-refractivity contribution in [3.05, 3.63) is 95.3 Å². The highest BCUT2D eigenvalue weighted by molar-refractivity contribution is 7.45. The van der Waals surface area contributed by atoms with Crippen LogP contribution in [0, 0.1) is 29.1 Å². The van der Waals surface area contributed by atoms with Crippen LogP contribution >= 0.6 is 8.53 Å². The molecule has 33 heavy (non-hydrogen) atoms. The van der Waals surface area contributed by atoms with Crippen molar-refractivity contribution in [3.63, 3.8) is 0 Å². The van der Waals surface area contributed by atoms with E-state index in [0.29, 0.717) is 0 Å².